The van der Waals surface area contributed by atoms with Crippen molar-refractivity contribution in [3.8, 4) is 11.1 Å². The second-order valence-electron chi connectivity index (χ2n) is 6.68. The molecule has 8 heteroatoms. The fourth-order valence-electron chi connectivity index (χ4n) is 3.48. The molecule has 1 unspecified atom stereocenters. The molecule has 1 aliphatic carbocycles. The molecule has 0 aliphatic heterocycles. The minimum absolute atomic E-state index is 0.00507. The van der Waals surface area contributed by atoms with E-state index >= 15 is 0 Å². The molecule has 2 aromatic rings. The van der Waals surface area contributed by atoms with Gasteiger partial charge in [0.1, 0.15) is 6.61 Å². The summed E-state index contributed by atoms with van der Waals surface area (Å²) in [7, 11) is 0. The lowest BCUT2D eigenvalue weighted by molar-refractivity contribution is -0.120. The monoisotopic (exact) mass is 395 g/mol. The molecule has 0 radical (unpaired) electrons. The van der Waals surface area contributed by atoms with Crippen molar-refractivity contribution in [2.45, 2.75) is 19.0 Å². The number of nitrogens with one attached hydrogen (secondary N) is 3. The summed E-state index contributed by atoms with van der Waals surface area (Å²) < 4.78 is 5.45. The Morgan fingerprint density at radius 3 is 2.41 bits per heavy atom. The van der Waals surface area contributed by atoms with Crippen molar-refractivity contribution in [1.29, 1.82) is 0 Å². The molecule has 2 amide bonds. The molecule has 0 saturated carbocycles. The number of rotatable bonds is 10. The Balaban J connectivity index is 1.53. The first-order valence-electron chi connectivity index (χ1n) is 9.41. The van der Waals surface area contributed by atoms with Gasteiger partial charge in [-0.3, -0.25) is 10.2 Å². The van der Waals surface area contributed by atoms with E-state index in [1.54, 1.807) is 6.92 Å². The maximum Gasteiger partial charge on any atom is 0.421 e. The molecule has 0 fully saturated rings. The van der Waals surface area contributed by atoms with Crippen LogP contribution >= 0.6 is 0 Å². The Morgan fingerprint density at radius 1 is 1.21 bits per heavy atom. The number of amides is 2. The highest BCUT2D eigenvalue weighted by Gasteiger charge is 2.29. The summed E-state index contributed by atoms with van der Waals surface area (Å²) in [5, 5.41) is 3.52. The maximum atomic E-state index is 12.2. The van der Waals surface area contributed by atoms with Gasteiger partial charge in [-0.2, -0.15) is 5.10 Å². The normalized spacial score (nSPS) is 13.0. The van der Waals surface area contributed by atoms with E-state index < -0.39 is 12.3 Å². The van der Waals surface area contributed by atoms with Crippen LogP contribution in [0.5, 0.6) is 0 Å². The topological polar surface area (TPSA) is 95.1 Å². The summed E-state index contributed by atoms with van der Waals surface area (Å²) in [6, 6.07) is 16.3. The number of carbonyl (C=O) groups excluding carboxylic acids is 2. The fourth-order valence-corrected chi connectivity index (χ4v) is 3.48. The van der Waals surface area contributed by atoms with Gasteiger partial charge in [0.2, 0.25) is 6.41 Å². The van der Waals surface area contributed by atoms with Crippen LogP contribution in [-0.2, 0) is 9.53 Å². The van der Waals surface area contributed by atoms with Gasteiger partial charge < -0.3 is 15.1 Å². The predicted octanol–water partition coefficient (Wildman–Crippen LogP) is 2.04. The van der Waals surface area contributed by atoms with E-state index in [1.165, 1.54) is 16.0 Å². The number of hydrazine groups is 1. The summed E-state index contributed by atoms with van der Waals surface area (Å²) in [6.07, 6.45) is -0.322. The number of carbonyl (C=O) groups is 2. The lowest BCUT2D eigenvalue weighted by Crippen LogP contribution is -2.52. The molecule has 0 saturated heterocycles. The number of ether oxygens (including phenoxy) is 1. The third kappa shape index (κ3) is 4.72. The van der Waals surface area contributed by atoms with Gasteiger partial charge in [0.05, 0.1) is 12.7 Å². The van der Waals surface area contributed by atoms with E-state index in [4.69, 9.17) is 4.74 Å². The number of benzene rings is 2. The SMILES string of the molecule is C=NNCCN(C=O)C(C)NNC(=O)OCC1c2ccccc2-c2ccccc21. The second kappa shape index (κ2) is 9.70. The van der Waals surface area contributed by atoms with Crippen LogP contribution in [-0.4, -0.2) is 50.0 Å². The quantitative estimate of drug-likeness (QED) is 0.188. The van der Waals surface area contributed by atoms with Crippen molar-refractivity contribution >= 4 is 19.2 Å². The summed E-state index contributed by atoms with van der Waals surface area (Å²) in [5.41, 5.74) is 12.6. The third-order valence-corrected chi connectivity index (χ3v) is 4.95. The van der Waals surface area contributed by atoms with Gasteiger partial charge in [0, 0.05) is 19.2 Å². The van der Waals surface area contributed by atoms with Crippen molar-refractivity contribution in [3.63, 3.8) is 0 Å². The van der Waals surface area contributed by atoms with E-state index in [1.807, 2.05) is 24.3 Å². The number of hydrogen-bond donors (Lipinski definition) is 3. The molecule has 0 spiro atoms. The van der Waals surface area contributed by atoms with Crippen molar-refractivity contribution in [2.75, 3.05) is 19.7 Å². The molecule has 29 heavy (non-hydrogen) atoms. The van der Waals surface area contributed by atoms with Gasteiger partial charge in [-0.15, -0.1) is 0 Å². The molecule has 0 bridgehead atoms. The Kier molecular flexibility index (Phi) is 6.80. The smallest absolute Gasteiger partial charge is 0.421 e. The van der Waals surface area contributed by atoms with Crippen LogP contribution in [0.25, 0.3) is 11.1 Å². The number of nitrogens with zero attached hydrogens (tertiary/aromatic N) is 2. The standard InChI is InChI=1S/C21H25N5O3/c1-15(26(14-27)12-11-23-22-2)24-25-21(28)29-13-20-18-9-5-3-7-16(18)17-8-4-6-10-19(17)20/h3-10,14-15,20,23-24H,2,11-13H2,1H3,(H,25,28). The van der Waals surface area contributed by atoms with Crippen molar-refractivity contribution in [2.24, 2.45) is 5.10 Å². The Morgan fingerprint density at radius 2 is 1.83 bits per heavy atom. The van der Waals surface area contributed by atoms with Crippen molar-refractivity contribution in [3.05, 3.63) is 59.7 Å². The zero-order valence-corrected chi connectivity index (χ0v) is 16.3. The summed E-state index contributed by atoms with van der Waals surface area (Å²) in [4.78, 5) is 24.8. The van der Waals surface area contributed by atoms with Crippen molar-refractivity contribution < 1.29 is 14.3 Å². The molecule has 8 nitrogen and oxygen atoms in total. The largest absolute Gasteiger partial charge is 0.448 e. The molecule has 2 aromatic carbocycles. The van der Waals surface area contributed by atoms with Gasteiger partial charge in [-0.05, 0) is 29.2 Å². The first kappa shape index (κ1) is 20.3. The van der Waals surface area contributed by atoms with Gasteiger partial charge in [0.15, 0.2) is 0 Å². The summed E-state index contributed by atoms with van der Waals surface area (Å²) in [6.45, 7) is 6.15. The molecular formula is C21H25N5O3. The zero-order chi connectivity index (χ0) is 20.6. The van der Waals surface area contributed by atoms with Crippen molar-refractivity contribution in [1.82, 2.24) is 21.2 Å². The van der Waals surface area contributed by atoms with Gasteiger partial charge in [0.25, 0.3) is 0 Å². The molecule has 1 aliphatic rings. The average Bonchev–Trinajstić information content (AvgIpc) is 3.07. The molecule has 0 heterocycles. The summed E-state index contributed by atoms with van der Waals surface area (Å²) >= 11 is 0. The van der Waals surface area contributed by atoms with Crippen LogP contribution in [0.3, 0.4) is 0 Å². The van der Waals surface area contributed by atoms with Gasteiger partial charge >= 0.3 is 6.09 Å². The average molecular weight is 395 g/mol. The van der Waals surface area contributed by atoms with Crippen LogP contribution in [0.2, 0.25) is 0 Å². The lowest BCUT2D eigenvalue weighted by atomic mass is 9.98. The molecule has 1 atom stereocenters. The van der Waals surface area contributed by atoms with Gasteiger partial charge in [-0.1, -0.05) is 48.5 Å². The highest BCUT2D eigenvalue weighted by molar-refractivity contribution is 5.79. The first-order chi connectivity index (χ1) is 14.2. The highest BCUT2D eigenvalue weighted by Crippen LogP contribution is 2.44. The van der Waals surface area contributed by atoms with E-state index in [9.17, 15) is 9.59 Å². The molecular weight excluding hydrogens is 370 g/mol. The van der Waals surface area contributed by atoms with E-state index in [2.05, 4.69) is 52.4 Å². The Bertz CT molecular complexity index is 827. The van der Waals surface area contributed by atoms with Crippen LogP contribution in [0.1, 0.15) is 24.0 Å². The lowest BCUT2D eigenvalue weighted by Gasteiger charge is -2.26. The van der Waals surface area contributed by atoms with Crippen LogP contribution in [0.4, 0.5) is 4.79 Å². The Hall–Kier alpha value is -3.39. The molecule has 0 aromatic heterocycles. The summed E-state index contributed by atoms with van der Waals surface area (Å²) in [5.74, 6) is -0.00507. The minimum Gasteiger partial charge on any atom is -0.448 e. The molecule has 152 valence electrons. The van der Waals surface area contributed by atoms with Crippen LogP contribution in [0.15, 0.2) is 53.6 Å². The number of fused-ring (bicyclic) bond motifs is 3. The first-order valence-corrected chi connectivity index (χ1v) is 9.41. The highest BCUT2D eigenvalue weighted by atomic mass is 16.6. The van der Waals surface area contributed by atoms with E-state index in [-0.39, 0.29) is 12.5 Å². The zero-order valence-electron chi connectivity index (χ0n) is 16.3. The number of hydrogen-bond acceptors (Lipinski definition) is 6. The van der Waals surface area contributed by atoms with E-state index in [0.717, 1.165) is 11.1 Å². The van der Waals surface area contributed by atoms with Crippen LogP contribution in [0, 0.1) is 0 Å². The fraction of sp³-hybridized carbons (Fsp3) is 0.286. The number of hydrazone groups is 1. The predicted molar refractivity (Wildman–Crippen MR) is 111 cm³/mol. The minimum atomic E-state index is -0.601. The Labute approximate surface area is 169 Å². The maximum absolute atomic E-state index is 12.2. The third-order valence-electron chi connectivity index (χ3n) is 4.95. The van der Waals surface area contributed by atoms with Crippen LogP contribution < -0.4 is 16.3 Å². The van der Waals surface area contributed by atoms with Gasteiger partial charge in [-0.25, -0.2) is 10.2 Å². The molecule has 3 N–H and O–H groups in total. The molecule has 3 rings (SSSR count). The van der Waals surface area contributed by atoms with E-state index in [0.29, 0.717) is 19.5 Å². The second-order valence-corrected chi connectivity index (χ2v) is 6.68.